The van der Waals surface area contributed by atoms with E-state index in [4.69, 9.17) is 4.74 Å². The van der Waals surface area contributed by atoms with Gasteiger partial charge >= 0.3 is 0 Å². The van der Waals surface area contributed by atoms with Crippen molar-refractivity contribution < 1.29 is 14.3 Å². The summed E-state index contributed by atoms with van der Waals surface area (Å²) in [7, 11) is 0. The number of amides is 2. The molecule has 1 aromatic heterocycles. The monoisotopic (exact) mass is 432 g/mol. The van der Waals surface area contributed by atoms with Gasteiger partial charge in [-0.3, -0.25) is 9.59 Å². The highest BCUT2D eigenvalue weighted by Crippen LogP contribution is 2.36. The van der Waals surface area contributed by atoms with Crippen LogP contribution in [-0.2, 0) is 9.59 Å². The van der Waals surface area contributed by atoms with E-state index in [0.29, 0.717) is 29.5 Å². The molecule has 0 atom stereocenters. The summed E-state index contributed by atoms with van der Waals surface area (Å²) in [5.41, 5.74) is 3.03. The number of rotatable bonds is 7. The van der Waals surface area contributed by atoms with Gasteiger partial charge in [-0.1, -0.05) is 32.0 Å². The molecule has 3 aromatic rings. The molecule has 2 heterocycles. The number of imide groups is 1. The molecular weight excluding hydrogens is 408 g/mol. The number of carbonyl (C=O) groups is 2. The largest absolute Gasteiger partial charge is 0.493 e. The number of thiophene rings is 1. The van der Waals surface area contributed by atoms with Crippen LogP contribution in [0.2, 0.25) is 0 Å². The summed E-state index contributed by atoms with van der Waals surface area (Å²) in [6.07, 6.45) is 0. The van der Waals surface area contributed by atoms with Crippen LogP contribution < -0.4 is 15.0 Å². The highest BCUT2D eigenvalue weighted by atomic mass is 32.1. The molecule has 0 saturated carbocycles. The predicted molar refractivity (Wildman–Crippen MR) is 125 cm³/mol. The van der Waals surface area contributed by atoms with Crippen molar-refractivity contribution in [2.45, 2.75) is 20.8 Å². The summed E-state index contributed by atoms with van der Waals surface area (Å²) in [4.78, 5) is 28.7. The fraction of sp³-hybridized carbons (Fsp3) is 0.200. The smallest absolute Gasteiger partial charge is 0.282 e. The fourth-order valence-corrected chi connectivity index (χ4v) is 4.12. The van der Waals surface area contributed by atoms with E-state index >= 15 is 0 Å². The summed E-state index contributed by atoms with van der Waals surface area (Å²) < 4.78 is 5.72. The molecule has 2 amide bonds. The highest BCUT2D eigenvalue weighted by molar-refractivity contribution is 7.11. The molecule has 4 rings (SSSR count). The average Bonchev–Trinajstić information content (AvgIpc) is 3.34. The van der Waals surface area contributed by atoms with Gasteiger partial charge in [0.1, 0.15) is 11.4 Å². The van der Waals surface area contributed by atoms with Gasteiger partial charge in [0.2, 0.25) is 0 Å². The van der Waals surface area contributed by atoms with Crippen molar-refractivity contribution >= 4 is 40.1 Å². The van der Waals surface area contributed by atoms with Crippen molar-refractivity contribution in [1.82, 2.24) is 0 Å². The fourth-order valence-electron chi connectivity index (χ4n) is 3.35. The van der Waals surface area contributed by atoms with E-state index in [1.165, 1.54) is 16.2 Å². The van der Waals surface area contributed by atoms with Crippen LogP contribution in [-0.4, -0.2) is 18.4 Å². The van der Waals surface area contributed by atoms with E-state index in [1.807, 2.05) is 48.7 Å². The Morgan fingerprint density at radius 2 is 1.77 bits per heavy atom. The molecule has 1 aliphatic heterocycles. The lowest BCUT2D eigenvalue weighted by atomic mass is 10.1. The Balaban J connectivity index is 1.66. The highest BCUT2D eigenvalue weighted by Gasteiger charge is 2.40. The first-order chi connectivity index (χ1) is 14.9. The van der Waals surface area contributed by atoms with E-state index in [-0.39, 0.29) is 17.5 Å². The lowest BCUT2D eigenvalue weighted by Gasteiger charge is -2.16. The van der Waals surface area contributed by atoms with Crippen molar-refractivity contribution in [3.63, 3.8) is 0 Å². The van der Waals surface area contributed by atoms with Crippen LogP contribution in [0, 0.1) is 12.8 Å². The SMILES string of the molecule is Cc1cccc(NC2=C(c3cccs3)C(=O)N(c3ccc(OCC(C)C)cc3)C2=O)c1. The minimum absolute atomic E-state index is 0.290. The number of hydrogen-bond acceptors (Lipinski definition) is 5. The van der Waals surface area contributed by atoms with Crippen LogP contribution in [0.1, 0.15) is 24.3 Å². The van der Waals surface area contributed by atoms with Gasteiger partial charge in [0.05, 0.1) is 17.9 Å². The Morgan fingerprint density at radius 1 is 1.00 bits per heavy atom. The first-order valence-electron chi connectivity index (χ1n) is 10.2. The zero-order chi connectivity index (χ0) is 22.0. The second kappa shape index (κ2) is 8.78. The van der Waals surface area contributed by atoms with Gasteiger partial charge in [-0.05, 0) is 66.2 Å². The topological polar surface area (TPSA) is 58.6 Å². The number of hydrogen-bond donors (Lipinski definition) is 1. The number of anilines is 2. The Morgan fingerprint density at radius 3 is 2.42 bits per heavy atom. The second-order valence-corrected chi connectivity index (χ2v) is 8.81. The van der Waals surface area contributed by atoms with Crippen molar-refractivity contribution in [1.29, 1.82) is 0 Å². The third-order valence-corrected chi connectivity index (χ3v) is 5.70. The Bertz CT molecular complexity index is 1130. The lowest BCUT2D eigenvalue weighted by molar-refractivity contribution is -0.120. The number of nitrogens with zero attached hydrogens (tertiary/aromatic N) is 1. The summed E-state index contributed by atoms with van der Waals surface area (Å²) in [5, 5.41) is 5.09. The van der Waals surface area contributed by atoms with Gasteiger partial charge in [-0.25, -0.2) is 4.90 Å². The molecule has 0 saturated heterocycles. The third-order valence-electron chi connectivity index (χ3n) is 4.82. The number of ether oxygens (including phenoxy) is 1. The molecule has 0 fully saturated rings. The first-order valence-corrected chi connectivity index (χ1v) is 11.1. The molecule has 158 valence electrons. The number of benzene rings is 2. The van der Waals surface area contributed by atoms with Crippen LogP contribution in [0.5, 0.6) is 5.75 Å². The summed E-state index contributed by atoms with van der Waals surface area (Å²) in [6.45, 7) is 6.75. The molecule has 31 heavy (non-hydrogen) atoms. The van der Waals surface area contributed by atoms with Crippen molar-refractivity contribution in [3.05, 3.63) is 82.2 Å². The molecular formula is C25H24N2O3S. The van der Waals surface area contributed by atoms with E-state index in [2.05, 4.69) is 19.2 Å². The molecule has 0 aliphatic carbocycles. The molecule has 1 N–H and O–H groups in total. The molecule has 0 radical (unpaired) electrons. The Labute approximate surface area is 186 Å². The van der Waals surface area contributed by atoms with Crippen LogP contribution in [0.15, 0.2) is 71.7 Å². The van der Waals surface area contributed by atoms with Gasteiger partial charge in [-0.15, -0.1) is 11.3 Å². The Kier molecular flexibility index (Phi) is 5.91. The van der Waals surface area contributed by atoms with Gasteiger partial charge in [0, 0.05) is 10.6 Å². The number of nitrogens with one attached hydrogen (secondary N) is 1. The maximum absolute atomic E-state index is 13.4. The van der Waals surface area contributed by atoms with E-state index in [1.54, 1.807) is 24.3 Å². The zero-order valence-corrected chi connectivity index (χ0v) is 18.5. The van der Waals surface area contributed by atoms with Crippen LogP contribution in [0.3, 0.4) is 0 Å². The van der Waals surface area contributed by atoms with Crippen LogP contribution >= 0.6 is 11.3 Å². The lowest BCUT2D eigenvalue weighted by Crippen LogP contribution is -2.32. The molecule has 0 bridgehead atoms. The molecule has 0 spiro atoms. The van der Waals surface area contributed by atoms with Gasteiger partial charge < -0.3 is 10.1 Å². The minimum Gasteiger partial charge on any atom is -0.493 e. The molecule has 5 nitrogen and oxygen atoms in total. The second-order valence-electron chi connectivity index (χ2n) is 7.87. The van der Waals surface area contributed by atoms with Crippen LogP contribution in [0.25, 0.3) is 5.57 Å². The minimum atomic E-state index is -0.370. The van der Waals surface area contributed by atoms with Crippen molar-refractivity contribution in [2.24, 2.45) is 5.92 Å². The van der Waals surface area contributed by atoms with Crippen LogP contribution in [0.4, 0.5) is 11.4 Å². The van der Waals surface area contributed by atoms with Crippen molar-refractivity contribution in [2.75, 3.05) is 16.8 Å². The number of carbonyl (C=O) groups excluding carboxylic acids is 2. The van der Waals surface area contributed by atoms with E-state index in [0.717, 1.165) is 16.1 Å². The van der Waals surface area contributed by atoms with Crippen molar-refractivity contribution in [3.8, 4) is 5.75 Å². The summed E-state index contributed by atoms with van der Waals surface area (Å²) in [5.74, 6) is 0.416. The third kappa shape index (κ3) is 4.39. The van der Waals surface area contributed by atoms with Gasteiger partial charge in [0.25, 0.3) is 11.8 Å². The molecule has 6 heteroatoms. The van der Waals surface area contributed by atoms with Gasteiger partial charge in [-0.2, -0.15) is 0 Å². The predicted octanol–water partition coefficient (Wildman–Crippen LogP) is 5.49. The maximum atomic E-state index is 13.4. The molecule has 2 aromatic carbocycles. The molecule has 0 unspecified atom stereocenters. The van der Waals surface area contributed by atoms with E-state index in [9.17, 15) is 9.59 Å². The maximum Gasteiger partial charge on any atom is 0.282 e. The average molecular weight is 433 g/mol. The van der Waals surface area contributed by atoms with E-state index < -0.39 is 0 Å². The number of aryl methyl sites for hydroxylation is 1. The normalized spacial score (nSPS) is 14.0. The Hall–Kier alpha value is -3.38. The van der Waals surface area contributed by atoms with Gasteiger partial charge in [0.15, 0.2) is 0 Å². The first kappa shape index (κ1) is 20.9. The summed E-state index contributed by atoms with van der Waals surface area (Å²) >= 11 is 1.43. The zero-order valence-electron chi connectivity index (χ0n) is 17.7. The standard InChI is InChI=1S/C25H24N2O3S/c1-16(2)15-30-20-11-9-19(10-12-20)27-24(28)22(21-8-5-13-31-21)23(25(27)29)26-18-7-4-6-17(3)14-18/h4-14,16,26H,15H2,1-3H3. The quantitative estimate of drug-likeness (QED) is 0.502. The molecule has 1 aliphatic rings. The summed E-state index contributed by atoms with van der Waals surface area (Å²) in [6, 6.07) is 18.5.